The molecule has 3 rings (SSSR count). The van der Waals surface area contributed by atoms with Gasteiger partial charge < -0.3 is 5.32 Å². The second-order valence-corrected chi connectivity index (χ2v) is 4.98. The molecule has 1 amide bonds. The van der Waals surface area contributed by atoms with E-state index in [9.17, 15) is 4.79 Å². The van der Waals surface area contributed by atoms with Gasteiger partial charge in [-0.05, 0) is 37.8 Å². The Morgan fingerprint density at radius 1 is 1.47 bits per heavy atom. The van der Waals surface area contributed by atoms with Gasteiger partial charge in [-0.2, -0.15) is 0 Å². The quantitative estimate of drug-likeness (QED) is 0.850. The monoisotopic (exact) mass is 256 g/mol. The van der Waals surface area contributed by atoms with Crippen molar-refractivity contribution in [1.29, 1.82) is 0 Å². The molecule has 1 aliphatic carbocycles. The molecule has 2 aromatic heterocycles. The molecule has 1 aliphatic rings. The van der Waals surface area contributed by atoms with Gasteiger partial charge in [0, 0.05) is 11.8 Å². The molecule has 0 spiro atoms. The Balaban J connectivity index is 1.78. The van der Waals surface area contributed by atoms with Crippen LogP contribution in [0, 0.1) is 5.92 Å². The Morgan fingerprint density at radius 3 is 3.00 bits per heavy atom. The first-order valence-electron chi connectivity index (χ1n) is 6.46. The van der Waals surface area contributed by atoms with Crippen molar-refractivity contribution < 1.29 is 4.79 Å². The standard InChI is InChI=1S/C14H16N4O/c1-9(11-6-7-11)14(19)15-10(2)13-17-16-12-5-3-4-8-18(12)13/h3-5,8,10-11H,1,6-7H2,2H3,(H,15,19). The van der Waals surface area contributed by atoms with Crippen LogP contribution in [0.15, 0.2) is 36.5 Å². The Bertz CT molecular complexity index is 642. The van der Waals surface area contributed by atoms with Crippen LogP contribution in [0.2, 0.25) is 0 Å². The highest BCUT2D eigenvalue weighted by Gasteiger charge is 2.29. The summed E-state index contributed by atoms with van der Waals surface area (Å²) in [4.78, 5) is 12.0. The van der Waals surface area contributed by atoms with Crippen molar-refractivity contribution in [2.24, 2.45) is 5.92 Å². The maximum atomic E-state index is 12.0. The number of amides is 1. The van der Waals surface area contributed by atoms with Crippen molar-refractivity contribution in [2.45, 2.75) is 25.8 Å². The largest absolute Gasteiger partial charge is 0.343 e. The molecule has 1 unspecified atom stereocenters. The molecular formula is C14H16N4O. The maximum Gasteiger partial charge on any atom is 0.247 e. The molecule has 1 N–H and O–H groups in total. The first kappa shape index (κ1) is 11.9. The molecule has 98 valence electrons. The lowest BCUT2D eigenvalue weighted by Gasteiger charge is -2.13. The number of nitrogens with one attached hydrogen (secondary N) is 1. The minimum Gasteiger partial charge on any atom is -0.343 e. The lowest BCUT2D eigenvalue weighted by molar-refractivity contribution is -0.118. The molecule has 0 aromatic carbocycles. The van der Waals surface area contributed by atoms with Crippen molar-refractivity contribution in [3.8, 4) is 0 Å². The predicted molar refractivity (Wildman–Crippen MR) is 71.4 cm³/mol. The molecule has 1 fully saturated rings. The van der Waals surface area contributed by atoms with Crippen LogP contribution in [0.1, 0.15) is 31.6 Å². The van der Waals surface area contributed by atoms with Gasteiger partial charge in [0.15, 0.2) is 11.5 Å². The van der Waals surface area contributed by atoms with Crippen molar-refractivity contribution in [1.82, 2.24) is 19.9 Å². The van der Waals surface area contributed by atoms with Gasteiger partial charge in [-0.25, -0.2) is 0 Å². The summed E-state index contributed by atoms with van der Waals surface area (Å²) in [5.41, 5.74) is 1.46. The molecule has 0 saturated heterocycles. The molecule has 5 heteroatoms. The van der Waals surface area contributed by atoms with E-state index in [1.165, 1.54) is 0 Å². The Labute approximate surface area is 111 Å². The third kappa shape index (κ3) is 2.23. The van der Waals surface area contributed by atoms with E-state index in [1.807, 2.05) is 35.7 Å². The topological polar surface area (TPSA) is 59.3 Å². The van der Waals surface area contributed by atoms with E-state index in [2.05, 4.69) is 22.1 Å². The fourth-order valence-electron chi connectivity index (χ4n) is 2.13. The third-order valence-electron chi connectivity index (χ3n) is 3.44. The molecule has 1 atom stereocenters. The van der Waals surface area contributed by atoms with Crippen LogP contribution in [-0.2, 0) is 4.79 Å². The average Bonchev–Trinajstić information content (AvgIpc) is 3.16. The number of rotatable bonds is 4. The smallest absolute Gasteiger partial charge is 0.247 e. The van der Waals surface area contributed by atoms with Crippen LogP contribution in [0.4, 0.5) is 0 Å². The fraction of sp³-hybridized carbons (Fsp3) is 0.357. The maximum absolute atomic E-state index is 12.0. The molecule has 0 bridgehead atoms. The minimum absolute atomic E-state index is 0.0809. The van der Waals surface area contributed by atoms with Crippen LogP contribution in [0.3, 0.4) is 0 Å². The minimum atomic E-state index is -0.194. The Hall–Kier alpha value is -2.17. The van der Waals surface area contributed by atoms with Crippen LogP contribution >= 0.6 is 0 Å². The third-order valence-corrected chi connectivity index (χ3v) is 3.44. The summed E-state index contributed by atoms with van der Waals surface area (Å²) in [6, 6.07) is 5.51. The molecule has 19 heavy (non-hydrogen) atoms. The first-order valence-corrected chi connectivity index (χ1v) is 6.46. The van der Waals surface area contributed by atoms with Crippen molar-refractivity contribution >= 4 is 11.6 Å². The predicted octanol–water partition coefficient (Wildman–Crippen LogP) is 1.87. The van der Waals surface area contributed by atoms with Gasteiger partial charge in [0.05, 0.1) is 6.04 Å². The Kier molecular flexibility index (Phi) is 2.81. The van der Waals surface area contributed by atoms with E-state index in [1.54, 1.807) is 0 Å². The normalized spacial score (nSPS) is 16.3. The number of carbonyl (C=O) groups excluding carboxylic acids is 1. The number of nitrogens with zero attached hydrogens (tertiary/aromatic N) is 3. The number of hydrogen-bond donors (Lipinski definition) is 1. The summed E-state index contributed by atoms with van der Waals surface area (Å²) in [5.74, 6) is 1.03. The van der Waals surface area contributed by atoms with E-state index in [4.69, 9.17) is 0 Å². The molecule has 0 aliphatic heterocycles. The van der Waals surface area contributed by atoms with Gasteiger partial charge in [0.2, 0.25) is 5.91 Å². The zero-order valence-electron chi connectivity index (χ0n) is 10.8. The first-order chi connectivity index (χ1) is 9.16. The Morgan fingerprint density at radius 2 is 2.26 bits per heavy atom. The molecule has 5 nitrogen and oxygen atoms in total. The van der Waals surface area contributed by atoms with Crippen LogP contribution in [-0.4, -0.2) is 20.5 Å². The van der Waals surface area contributed by atoms with Gasteiger partial charge in [-0.15, -0.1) is 10.2 Å². The second kappa shape index (κ2) is 4.50. The second-order valence-electron chi connectivity index (χ2n) is 4.98. The molecule has 2 aromatic rings. The van der Waals surface area contributed by atoms with Gasteiger partial charge in [0.1, 0.15) is 0 Å². The van der Waals surface area contributed by atoms with Crippen LogP contribution < -0.4 is 5.32 Å². The van der Waals surface area contributed by atoms with E-state index < -0.39 is 0 Å². The van der Waals surface area contributed by atoms with Crippen LogP contribution in [0.25, 0.3) is 5.65 Å². The molecule has 0 radical (unpaired) electrons. The van der Waals surface area contributed by atoms with Gasteiger partial charge >= 0.3 is 0 Å². The average molecular weight is 256 g/mol. The highest BCUT2D eigenvalue weighted by atomic mass is 16.1. The lowest BCUT2D eigenvalue weighted by atomic mass is 10.1. The summed E-state index contributed by atoms with van der Waals surface area (Å²) >= 11 is 0. The van der Waals surface area contributed by atoms with Crippen molar-refractivity contribution in [3.63, 3.8) is 0 Å². The SMILES string of the molecule is C=C(C(=O)NC(C)c1nnc2ccccn12)C1CC1. The highest BCUT2D eigenvalue weighted by Crippen LogP contribution is 2.35. The van der Waals surface area contributed by atoms with Gasteiger partial charge in [-0.3, -0.25) is 9.20 Å². The lowest BCUT2D eigenvalue weighted by Crippen LogP contribution is -2.29. The van der Waals surface area contributed by atoms with E-state index in [0.717, 1.165) is 24.3 Å². The number of hydrogen-bond acceptors (Lipinski definition) is 3. The summed E-state index contributed by atoms with van der Waals surface area (Å²) in [5, 5.41) is 11.1. The van der Waals surface area contributed by atoms with E-state index in [-0.39, 0.29) is 11.9 Å². The van der Waals surface area contributed by atoms with Gasteiger partial charge in [0.25, 0.3) is 0 Å². The summed E-state index contributed by atoms with van der Waals surface area (Å²) in [7, 11) is 0. The number of carbonyl (C=O) groups is 1. The number of fused-ring (bicyclic) bond motifs is 1. The van der Waals surface area contributed by atoms with E-state index >= 15 is 0 Å². The molecule has 1 saturated carbocycles. The molecular weight excluding hydrogens is 240 g/mol. The zero-order chi connectivity index (χ0) is 13.4. The number of aromatic nitrogens is 3. The summed E-state index contributed by atoms with van der Waals surface area (Å²) < 4.78 is 1.88. The van der Waals surface area contributed by atoms with Gasteiger partial charge in [-0.1, -0.05) is 12.6 Å². The molecule has 2 heterocycles. The summed E-state index contributed by atoms with van der Waals surface area (Å²) in [6.45, 7) is 5.76. The van der Waals surface area contributed by atoms with Crippen LogP contribution in [0.5, 0.6) is 0 Å². The highest BCUT2D eigenvalue weighted by molar-refractivity contribution is 5.93. The fourth-order valence-corrected chi connectivity index (χ4v) is 2.13. The van der Waals surface area contributed by atoms with Crippen molar-refractivity contribution in [3.05, 3.63) is 42.4 Å². The van der Waals surface area contributed by atoms with E-state index in [0.29, 0.717) is 11.5 Å². The number of pyridine rings is 1. The summed E-state index contributed by atoms with van der Waals surface area (Å²) in [6.07, 6.45) is 4.05. The van der Waals surface area contributed by atoms with Crippen molar-refractivity contribution in [2.75, 3.05) is 0 Å². The zero-order valence-corrected chi connectivity index (χ0v) is 10.8.